The number of hydrogen-bond acceptors (Lipinski definition) is 5. The van der Waals surface area contributed by atoms with Gasteiger partial charge in [-0.25, -0.2) is 13.1 Å². The van der Waals surface area contributed by atoms with Crippen LogP contribution in [0.3, 0.4) is 0 Å². The van der Waals surface area contributed by atoms with E-state index in [0.717, 1.165) is 38.7 Å². The lowest BCUT2D eigenvalue weighted by atomic mass is 10.1. The third-order valence-electron chi connectivity index (χ3n) is 7.34. The Labute approximate surface area is 255 Å². The maximum absolute atomic E-state index is 13.2. The molecule has 5 rings (SSSR count). The van der Waals surface area contributed by atoms with Crippen molar-refractivity contribution in [2.24, 2.45) is 7.05 Å². The number of sulfonamides is 1. The molecule has 0 bridgehead atoms. The number of benzene rings is 3. The maximum atomic E-state index is 13.2. The summed E-state index contributed by atoms with van der Waals surface area (Å²) in [7, 11) is -2.21. The first-order valence-electron chi connectivity index (χ1n) is 13.9. The second-order valence-electron chi connectivity index (χ2n) is 10.5. The van der Waals surface area contributed by atoms with E-state index in [9.17, 15) is 18.0 Å². The van der Waals surface area contributed by atoms with Gasteiger partial charge < -0.3 is 19.6 Å². The summed E-state index contributed by atoms with van der Waals surface area (Å²) < 4.78 is 35.6. The molecule has 0 atom stereocenters. The van der Waals surface area contributed by atoms with Crippen molar-refractivity contribution in [2.75, 3.05) is 18.9 Å². The largest absolute Gasteiger partial charge is 0.494 e. The molecule has 0 spiro atoms. The quantitative estimate of drug-likeness (QED) is 0.170. The summed E-state index contributed by atoms with van der Waals surface area (Å²) in [5.74, 6) is -0.882. The number of ether oxygens (including phenoxy) is 1. The Kier molecular flexibility index (Phi) is 8.79. The topological polar surface area (TPSA) is 122 Å². The number of aromatic nitrogens is 2. The van der Waals surface area contributed by atoms with Gasteiger partial charge in [0.25, 0.3) is 11.8 Å². The molecule has 224 valence electrons. The number of rotatable bonds is 11. The molecule has 11 heteroatoms. The molecule has 3 aromatic carbocycles. The SMILES string of the molecule is Cc1cc(OCCCc2c(C(=O)NS(=O)(=O)CCNC(=O)c3cn(C)c4ccccc34)[nH]c3ccccc23)cc(C)c1Cl. The lowest BCUT2D eigenvalue weighted by molar-refractivity contribution is 0.0956. The highest BCUT2D eigenvalue weighted by Crippen LogP contribution is 2.27. The van der Waals surface area contributed by atoms with Crippen molar-refractivity contribution < 1.29 is 22.7 Å². The molecular formula is C32H33ClN4O5S. The lowest BCUT2D eigenvalue weighted by Crippen LogP contribution is -2.37. The number of para-hydroxylation sites is 2. The molecule has 2 heterocycles. The highest BCUT2D eigenvalue weighted by atomic mass is 35.5. The highest BCUT2D eigenvalue weighted by Gasteiger charge is 2.23. The molecule has 0 saturated carbocycles. The number of amides is 2. The minimum atomic E-state index is -4.05. The third-order valence-corrected chi connectivity index (χ3v) is 9.17. The van der Waals surface area contributed by atoms with Crippen LogP contribution in [-0.4, -0.2) is 48.7 Å². The van der Waals surface area contributed by atoms with E-state index in [-0.39, 0.29) is 18.1 Å². The van der Waals surface area contributed by atoms with Gasteiger partial charge in [0.2, 0.25) is 10.0 Å². The number of carbonyl (C=O) groups is 2. The minimum Gasteiger partial charge on any atom is -0.494 e. The monoisotopic (exact) mass is 620 g/mol. The molecule has 0 aliphatic rings. The zero-order valence-corrected chi connectivity index (χ0v) is 25.7. The van der Waals surface area contributed by atoms with Crippen molar-refractivity contribution in [1.82, 2.24) is 19.6 Å². The molecule has 5 aromatic rings. The Morgan fingerprint density at radius 3 is 2.40 bits per heavy atom. The second-order valence-corrected chi connectivity index (χ2v) is 12.7. The number of hydrogen-bond donors (Lipinski definition) is 3. The molecule has 0 radical (unpaired) electrons. The normalized spacial score (nSPS) is 11.6. The lowest BCUT2D eigenvalue weighted by Gasteiger charge is -2.11. The van der Waals surface area contributed by atoms with Gasteiger partial charge in [0.1, 0.15) is 11.4 Å². The summed E-state index contributed by atoms with van der Waals surface area (Å²) in [6.45, 7) is 4.08. The summed E-state index contributed by atoms with van der Waals surface area (Å²) >= 11 is 6.26. The zero-order valence-electron chi connectivity index (χ0n) is 24.2. The first-order valence-corrected chi connectivity index (χ1v) is 15.9. The van der Waals surface area contributed by atoms with Gasteiger partial charge in [-0.3, -0.25) is 9.59 Å². The standard InChI is InChI=1S/C32H33ClN4O5S/c1-20-17-22(18-21(2)29(20)33)42-15-8-11-25-23-9-4-6-12-27(23)35-30(25)32(39)36-43(40,41)16-14-34-31(38)26-19-37(3)28-13-7-5-10-24(26)28/h4-7,9-10,12-13,17-19,35H,8,11,14-16H2,1-3H3,(H,34,38)(H,36,39). The van der Waals surface area contributed by atoms with E-state index in [1.54, 1.807) is 6.20 Å². The average molecular weight is 621 g/mol. The first-order chi connectivity index (χ1) is 20.5. The van der Waals surface area contributed by atoms with Gasteiger partial charge in [0, 0.05) is 46.6 Å². The van der Waals surface area contributed by atoms with Crippen LogP contribution in [0.15, 0.2) is 66.9 Å². The first kappa shape index (κ1) is 30.2. The van der Waals surface area contributed by atoms with E-state index < -0.39 is 21.7 Å². The molecule has 9 nitrogen and oxygen atoms in total. The van der Waals surface area contributed by atoms with Crippen molar-refractivity contribution in [3.63, 3.8) is 0 Å². The molecule has 0 fully saturated rings. The van der Waals surface area contributed by atoms with Crippen LogP contribution in [0.1, 0.15) is 44.0 Å². The summed E-state index contributed by atoms with van der Waals surface area (Å²) in [5.41, 5.74) is 4.83. The summed E-state index contributed by atoms with van der Waals surface area (Å²) in [6, 6.07) is 18.7. The van der Waals surface area contributed by atoms with Crippen LogP contribution in [0.5, 0.6) is 5.75 Å². The fraction of sp³-hybridized carbons (Fsp3) is 0.250. The van der Waals surface area contributed by atoms with E-state index in [1.807, 2.05) is 86.1 Å². The van der Waals surface area contributed by atoms with Gasteiger partial charge in [-0.1, -0.05) is 48.0 Å². The van der Waals surface area contributed by atoms with Gasteiger partial charge in [-0.2, -0.15) is 0 Å². The van der Waals surface area contributed by atoms with E-state index in [4.69, 9.17) is 16.3 Å². The second kappa shape index (κ2) is 12.5. The molecule has 0 saturated heterocycles. The fourth-order valence-corrected chi connectivity index (χ4v) is 6.21. The predicted octanol–water partition coefficient (Wildman–Crippen LogP) is 5.43. The Hall–Kier alpha value is -4.28. The van der Waals surface area contributed by atoms with Gasteiger partial charge in [-0.15, -0.1) is 0 Å². The fourth-order valence-electron chi connectivity index (χ4n) is 5.24. The van der Waals surface area contributed by atoms with Crippen molar-refractivity contribution in [1.29, 1.82) is 0 Å². The summed E-state index contributed by atoms with van der Waals surface area (Å²) in [6.07, 6.45) is 2.78. The Balaban J connectivity index is 1.22. The Bertz CT molecular complexity index is 1920. The van der Waals surface area contributed by atoms with Crippen LogP contribution in [-0.2, 0) is 23.5 Å². The number of nitrogens with zero attached hydrogens (tertiary/aromatic N) is 1. The van der Waals surface area contributed by atoms with Gasteiger partial charge in [-0.05, 0) is 67.6 Å². The van der Waals surface area contributed by atoms with Crippen LogP contribution in [0.25, 0.3) is 21.8 Å². The number of H-pyrrole nitrogens is 1. The minimum absolute atomic E-state index is 0.161. The molecule has 0 unspecified atom stereocenters. The van der Waals surface area contributed by atoms with Gasteiger partial charge in [0.15, 0.2) is 0 Å². The molecule has 0 aliphatic heterocycles. The summed E-state index contributed by atoms with van der Waals surface area (Å²) in [5, 5.41) is 4.97. The molecule has 2 aromatic heterocycles. The van der Waals surface area contributed by atoms with Crippen LogP contribution >= 0.6 is 11.6 Å². The van der Waals surface area contributed by atoms with Crippen LogP contribution in [0.4, 0.5) is 0 Å². The molecule has 3 N–H and O–H groups in total. The van der Waals surface area contributed by atoms with E-state index in [2.05, 4.69) is 15.0 Å². The van der Waals surface area contributed by atoms with Crippen molar-refractivity contribution >= 4 is 55.2 Å². The van der Waals surface area contributed by atoms with Crippen molar-refractivity contribution in [3.8, 4) is 5.75 Å². The molecule has 0 aliphatic carbocycles. The zero-order chi connectivity index (χ0) is 30.7. The van der Waals surface area contributed by atoms with Gasteiger partial charge in [0.05, 0.1) is 17.9 Å². The molecular weight excluding hydrogens is 588 g/mol. The Morgan fingerprint density at radius 2 is 1.65 bits per heavy atom. The smallest absolute Gasteiger partial charge is 0.281 e. The number of carbonyl (C=O) groups excluding carboxylic acids is 2. The highest BCUT2D eigenvalue weighted by molar-refractivity contribution is 7.90. The van der Waals surface area contributed by atoms with E-state index in [1.165, 1.54) is 0 Å². The average Bonchev–Trinajstić information content (AvgIpc) is 3.51. The van der Waals surface area contributed by atoms with E-state index in [0.29, 0.717) is 35.6 Å². The number of aryl methyl sites for hydroxylation is 4. The van der Waals surface area contributed by atoms with Crippen LogP contribution in [0, 0.1) is 13.8 Å². The Morgan fingerprint density at radius 1 is 0.977 bits per heavy atom. The van der Waals surface area contributed by atoms with Crippen LogP contribution in [0.2, 0.25) is 5.02 Å². The number of halogens is 1. The van der Waals surface area contributed by atoms with Crippen molar-refractivity contribution in [3.05, 3.63) is 99.8 Å². The van der Waals surface area contributed by atoms with E-state index >= 15 is 0 Å². The van der Waals surface area contributed by atoms with Gasteiger partial charge >= 0.3 is 0 Å². The molecule has 2 amide bonds. The predicted molar refractivity (Wildman–Crippen MR) is 170 cm³/mol. The van der Waals surface area contributed by atoms with Crippen molar-refractivity contribution in [2.45, 2.75) is 26.7 Å². The number of fused-ring (bicyclic) bond motifs is 2. The summed E-state index contributed by atoms with van der Waals surface area (Å²) in [4.78, 5) is 29.1. The molecule has 43 heavy (non-hydrogen) atoms. The van der Waals surface area contributed by atoms with Crippen LogP contribution < -0.4 is 14.8 Å². The number of aromatic amines is 1. The number of nitrogens with one attached hydrogen (secondary N) is 3. The third kappa shape index (κ3) is 6.71. The maximum Gasteiger partial charge on any atom is 0.281 e.